The number of nitrogens with one attached hydrogen (secondary N) is 1. The van der Waals surface area contributed by atoms with Gasteiger partial charge in [-0.3, -0.25) is 4.79 Å². The van der Waals surface area contributed by atoms with E-state index in [-0.39, 0.29) is 29.8 Å². The quantitative estimate of drug-likeness (QED) is 0.749. The van der Waals surface area contributed by atoms with E-state index in [0.29, 0.717) is 23.9 Å². The number of anilines is 1. The van der Waals surface area contributed by atoms with Crippen molar-refractivity contribution in [1.29, 1.82) is 0 Å². The van der Waals surface area contributed by atoms with Gasteiger partial charge in [-0.25, -0.2) is 17.8 Å². The Morgan fingerprint density at radius 2 is 2.00 bits per heavy atom. The van der Waals surface area contributed by atoms with Gasteiger partial charge in [-0.2, -0.15) is 4.31 Å². The van der Waals surface area contributed by atoms with Crippen LogP contribution >= 0.6 is 11.3 Å². The van der Waals surface area contributed by atoms with Crippen LogP contribution in [-0.4, -0.2) is 36.7 Å². The van der Waals surface area contributed by atoms with Crippen LogP contribution in [0.3, 0.4) is 0 Å². The second-order valence-electron chi connectivity index (χ2n) is 8.00. The molecule has 9 heteroatoms. The van der Waals surface area contributed by atoms with Crippen molar-refractivity contribution >= 4 is 32.4 Å². The van der Waals surface area contributed by atoms with E-state index in [1.54, 1.807) is 11.3 Å². The molecule has 1 N–H and O–H groups in total. The number of fused-ring (bicyclic) bond motifs is 1. The molecule has 30 heavy (non-hydrogen) atoms. The average Bonchev–Trinajstić information content (AvgIpc) is 3.15. The Balaban J connectivity index is 1.36. The van der Waals surface area contributed by atoms with Crippen molar-refractivity contribution in [3.05, 3.63) is 40.7 Å². The number of piperidine rings is 1. The van der Waals surface area contributed by atoms with E-state index in [2.05, 4.69) is 17.2 Å². The molecule has 2 aliphatic rings. The summed E-state index contributed by atoms with van der Waals surface area (Å²) >= 11 is 1.56. The molecule has 2 aromatic rings. The van der Waals surface area contributed by atoms with E-state index in [0.717, 1.165) is 37.4 Å². The summed E-state index contributed by atoms with van der Waals surface area (Å²) in [6.07, 6.45) is 5.12. The molecule has 2 heterocycles. The monoisotopic (exact) mass is 451 g/mol. The Morgan fingerprint density at radius 1 is 1.27 bits per heavy atom. The standard InChI is InChI=1S/C21H26FN3O3S2/c1-2-14-7-8-17-18(13-14)29-21(23-17)24-20(26)15-9-11-25(12-10-15)30(27,28)19-6-4-3-5-16(19)22/h3-6,14-15H,2,7-13H2,1H3,(H,23,24,26)/t14-/m0/s1. The lowest BCUT2D eigenvalue weighted by atomic mass is 9.89. The molecule has 162 valence electrons. The van der Waals surface area contributed by atoms with Crippen LogP contribution in [0.5, 0.6) is 0 Å². The van der Waals surface area contributed by atoms with Gasteiger partial charge in [0.25, 0.3) is 0 Å². The van der Waals surface area contributed by atoms with E-state index in [4.69, 9.17) is 0 Å². The first kappa shape index (κ1) is 21.4. The van der Waals surface area contributed by atoms with Crippen molar-refractivity contribution in [2.75, 3.05) is 18.4 Å². The van der Waals surface area contributed by atoms with Gasteiger partial charge in [-0.05, 0) is 50.2 Å². The molecule has 1 amide bonds. The lowest BCUT2D eigenvalue weighted by molar-refractivity contribution is -0.120. The number of aromatic nitrogens is 1. The molecular weight excluding hydrogens is 425 g/mol. The number of sulfonamides is 1. The van der Waals surface area contributed by atoms with Gasteiger partial charge in [0.15, 0.2) is 5.13 Å². The van der Waals surface area contributed by atoms with Crippen molar-refractivity contribution in [2.45, 2.75) is 50.3 Å². The highest BCUT2D eigenvalue weighted by molar-refractivity contribution is 7.89. The third-order valence-corrected chi connectivity index (χ3v) is 9.10. The summed E-state index contributed by atoms with van der Waals surface area (Å²) in [5.74, 6) is -0.449. The molecule has 0 radical (unpaired) electrons. The molecule has 1 aromatic heterocycles. The molecule has 1 aliphatic heterocycles. The minimum absolute atomic E-state index is 0.115. The highest BCUT2D eigenvalue weighted by Crippen LogP contribution is 2.34. The van der Waals surface area contributed by atoms with Crippen molar-refractivity contribution in [1.82, 2.24) is 9.29 Å². The van der Waals surface area contributed by atoms with Crippen LogP contribution in [0, 0.1) is 17.7 Å². The van der Waals surface area contributed by atoms with Crippen LogP contribution in [0.25, 0.3) is 0 Å². The summed E-state index contributed by atoms with van der Waals surface area (Å²) in [6.45, 7) is 2.60. The number of benzene rings is 1. The van der Waals surface area contributed by atoms with Crippen LogP contribution in [-0.2, 0) is 27.7 Å². The average molecular weight is 452 g/mol. The fourth-order valence-corrected chi connectivity index (χ4v) is 6.86. The molecule has 0 unspecified atom stereocenters. The van der Waals surface area contributed by atoms with Crippen LogP contribution in [0.1, 0.15) is 43.2 Å². The van der Waals surface area contributed by atoms with Crippen LogP contribution in [0.15, 0.2) is 29.2 Å². The van der Waals surface area contributed by atoms with Crippen LogP contribution in [0.2, 0.25) is 0 Å². The smallest absolute Gasteiger partial charge is 0.245 e. The summed E-state index contributed by atoms with van der Waals surface area (Å²) in [5, 5.41) is 3.58. The lowest BCUT2D eigenvalue weighted by Gasteiger charge is -2.30. The van der Waals surface area contributed by atoms with Gasteiger partial charge in [-0.1, -0.05) is 25.5 Å². The number of rotatable bonds is 5. The first-order valence-corrected chi connectivity index (χ1v) is 12.7. The van der Waals surface area contributed by atoms with Gasteiger partial charge in [-0.15, -0.1) is 11.3 Å². The van der Waals surface area contributed by atoms with Gasteiger partial charge < -0.3 is 5.32 Å². The predicted molar refractivity (Wildman–Crippen MR) is 114 cm³/mol. The zero-order valence-corrected chi connectivity index (χ0v) is 18.6. The minimum Gasteiger partial charge on any atom is -0.302 e. The number of carbonyl (C=O) groups is 1. The largest absolute Gasteiger partial charge is 0.302 e. The molecule has 0 bridgehead atoms. The molecule has 1 saturated heterocycles. The van der Waals surface area contributed by atoms with E-state index >= 15 is 0 Å². The molecule has 1 atom stereocenters. The summed E-state index contributed by atoms with van der Waals surface area (Å²) in [7, 11) is -3.89. The highest BCUT2D eigenvalue weighted by atomic mass is 32.2. The molecular formula is C21H26FN3O3S2. The van der Waals surface area contributed by atoms with Crippen molar-refractivity contribution in [2.24, 2.45) is 11.8 Å². The number of nitrogens with zero attached hydrogens (tertiary/aromatic N) is 2. The van der Waals surface area contributed by atoms with E-state index in [1.165, 1.54) is 27.4 Å². The van der Waals surface area contributed by atoms with Gasteiger partial charge in [0.1, 0.15) is 10.7 Å². The number of hydrogen-bond acceptors (Lipinski definition) is 5. The molecule has 4 rings (SSSR count). The van der Waals surface area contributed by atoms with Crippen molar-refractivity contribution in [3.63, 3.8) is 0 Å². The third-order valence-electron chi connectivity index (χ3n) is 6.13. The Morgan fingerprint density at radius 3 is 2.70 bits per heavy atom. The van der Waals surface area contributed by atoms with Crippen LogP contribution in [0.4, 0.5) is 9.52 Å². The Bertz CT molecular complexity index is 1030. The lowest BCUT2D eigenvalue weighted by Crippen LogP contribution is -2.41. The number of hydrogen-bond donors (Lipinski definition) is 1. The second kappa shape index (κ2) is 8.72. The number of halogens is 1. The first-order chi connectivity index (χ1) is 14.4. The summed E-state index contributed by atoms with van der Waals surface area (Å²) in [4.78, 5) is 18.3. The molecule has 0 spiro atoms. The Labute approximate surface area is 180 Å². The zero-order valence-electron chi connectivity index (χ0n) is 16.9. The van der Waals surface area contributed by atoms with Gasteiger partial charge in [0, 0.05) is 23.9 Å². The number of aryl methyl sites for hydroxylation is 1. The normalized spacial score (nSPS) is 20.7. The summed E-state index contributed by atoms with van der Waals surface area (Å²) in [6, 6.07) is 5.39. The molecule has 1 aliphatic carbocycles. The first-order valence-electron chi connectivity index (χ1n) is 10.4. The second-order valence-corrected chi connectivity index (χ2v) is 11.0. The zero-order chi connectivity index (χ0) is 21.3. The number of carbonyl (C=O) groups excluding carboxylic acids is 1. The van der Waals surface area contributed by atoms with E-state index in [1.807, 2.05) is 0 Å². The fraction of sp³-hybridized carbons (Fsp3) is 0.524. The minimum atomic E-state index is -3.89. The molecule has 6 nitrogen and oxygen atoms in total. The fourth-order valence-electron chi connectivity index (χ4n) is 4.20. The number of thiazole rings is 1. The topological polar surface area (TPSA) is 79.4 Å². The number of amides is 1. The maximum Gasteiger partial charge on any atom is 0.245 e. The molecule has 1 aromatic carbocycles. The molecule has 1 fully saturated rings. The summed E-state index contributed by atoms with van der Waals surface area (Å²) < 4.78 is 40.7. The summed E-state index contributed by atoms with van der Waals surface area (Å²) in [5.41, 5.74) is 1.10. The molecule has 0 saturated carbocycles. The maximum atomic E-state index is 14.0. The predicted octanol–water partition coefficient (Wildman–Crippen LogP) is 3.84. The van der Waals surface area contributed by atoms with E-state index in [9.17, 15) is 17.6 Å². The Kier molecular flexibility index (Phi) is 6.22. The van der Waals surface area contributed by atoms with Gasteiger partial charge in [0.05, 0.1) is 5.69 Å². The van der Waals surface area contributed by atoms with Gasteiger partial charge >= 0.3 is 0 Å². The van der Waals surface area contributed by atoms with Crippen LogP contribution < -0.4 is 5.32 Å². The SMILES string of the molecule is CC[C@H]1CCc2nc(NC(=O)C3CCN(S(=O)(=O)c4ccccc4F)CC3)sc2C1. The maximum absolute atomic E-state index is 14.0. The highest BCUT2D eigenvalue weighted by Gasteiger charge is 2.34. The van der Waals surface area contributed by atoms with Crippen molar-refractivity contribution in [3.8, 4) is 0 Å². The van der Waals surface area contributed by atoms with Crippen molar-refractivity contribution < 1.29 is 17.6 Å². The van der Waals surface area contributed by atoms with E-state index < -0.39 is 15.8 Å². The third kappa shape index (κ3) is 4.29. The van der Waals surface area contributed by atoms with Gasteiger partial charge in [0.2, 0.25) is 15.9 Å². The Hall–Kier alpha value is -1.84.